The van der Waals surface area contributed by atoms with Crippen molar-refractivity contribution in [2.24, 2.45) is 0 Å². The predicted molar refractivity (Wildman–Crippen MR) is 51.0 cm³/mol. The second-order valence-corrected chi connectivity index (χ2v) is 3.74. The van der Waals surface area contributed by atoms with Crippen LogP contribution in [-0.2, 0) is 0 Å². The molecule has 1 saturated carbocycles. The van der Waals surface area contributed by atoms with Gasteiger partial charge in [0.05, 0.1) is 17.9 Å². The van der Waals surface area contributed by atoms with E-state index in [4.69, 9.17) is 4.74 Å². The highest BCUT2D eigenvalue weighted by atomic mass is 79.9. The highest BCUT2D eigenvalue weighted by Gasteiger charge is 2.23. The van der Waals surface area contributed by atoms with Gasteiger partial charge in [-0.05, 0) is 34.8 Å². The van der Waals surface area contributed by atoms with Gasteiger partial charge in [0.2, 0.25) is 0 Å². The van der Waals surface area contributed by atoms with Crippen LogP contribution >= 0.6 is 15.9 Å². The Morgan fingerprint density at radius 2 is 2.38 bits per heavy atom. The molecule has 1 fully saturated rings. The number of pyridine rings is 1. The molecule has 0 amide bonds. The van der Waals surface area contributed by atoms with Crippen LogP contribution in [0.15, 0.2) is 16.9 Å². The van der Waals surface area contributed by atoms with Gasteiger partial charge in [0, 0.05) is 0 Å². The lowest BCUT2D eigenvalue weighted by Crippen LogP contribution is -1.97. The van der Waals surface area contributed by atoms with E-state index < -0.39 is 0 Å². The van der Waals surface area contributed by atoms with Crippen molar-refractivity contribution >= 4 is 22.2 Å². The van der Waals surface area contributed by atoms with Gasteiger partial charge in [0.15, 0.2) is 6.29 Å². The number of aldehydes is 1. The minimum Gasteiger partial charge on any atom is -0.489 e. The first kappa shape index (κ1) is 8.69. The monoisotopic (exact) mass is 241 g/mol. The Balaban J connectivity index is 2.20. The quantitative estimate of drug-likeness (QED) is 0.602. The topological polar surface area (TPSA) is 39.2 Å². The maximum atomic E-state index is 10.6. The lowest BCUT2D eigenvalue weighted by molar-refractivity contribution is 0.112. The van der Waals surface area contributed by atoms with E-state index in [2.05, 4.69) is 20.9 Å². The molecule has 13 heavy (non-hydrogen) atoms. The van der Waals surface area contributed by atoms with E-state index in [1.54, 1.807) is 12.3 Å². The second-order valence-electron chi connectivity index (χ2n) is 2.99. The van der Waals surface area contributed by atoms with Crippen LogP contribution in [0.4, 0.5) is 0 Å². The largest absolute Gasteiger partial charge is 0.489 e. The first-order chi connectivity index (χ1) is 6.29. The van der Waals surface area contributed by atoms with Crippen molar-refractivity contribution in [3.05, 3.63) is 22.4 Å². The minimum absolute atomic E-state index is 0.336. The zero-order valence-corrected chi connectivity index (χ0v) is 8.45. The van der Waals surface area contributed by atoms with Crippen molar-refractivity contribution in [1.82, 2.24) is 4.98 Å². The number of hydrogen-bond acceptors (Lipinski definition) is 3. The van der Waals surface area contributed by atoms with Gasteiger partial charge in [-0.2, -0.15) is 0 Å². The van der Waals surface area contributed by atoms with Crippen molar-refractivity contribution in [2.45, 2.75) is 18.9 Å². The average Bonchev–Trinajstić information content (AvgIpc) is 2.92. The molecule has 1 aromatic heterocycles. The van der Waals surface area contributed by atoms with Crippen molar-refractivity contribution in [3.8, 4) is 5.75 Å². The number of hydrogen-bond donors (Lipinski definition) is 0. The summed E-state index contributed by atoms with van der Waals surface area (Å²) in [4.78, 5) is 14.5. The van der Waals surface area contributed by atoms with Crippen LogP contribution < -0.4 is 4.74 Å². The Bertz CT molecular complexity index is 336. The fourth-order valence-electron chi connectivity index (χ4n) is 0.970. The molecule has 1 aromatic rings. The number of aromatic nitrogens is 1. The van der Waals surface area contributed by atoms with Gasteiger partial charge in [-0.15, -0.1) is 0 Å². The molecular formula is C9H8BrNO2. The molecule has 0 bridgehead atoms. The molecule has 1 heterocycles. The van der Waals surface area contributed by atoms with E-state index in [0.717, 1.165) is 19.1 Å². The zero-order valence-electron chi connectivity index (χ0n) is 6.87. The molecule has 68 valence electrons. The molecule has 0 unspecified atom stereocenters. The summed E-state index contributed by atoms with van der Waals surface area (Å²) >= 11 is 3.17. The van der Waals surface area contributed by atoms with Gasteiger partial charge in [0.1, 0.15) is 10.4 Å². The summed E-state index contributed by atoms with van der Waals surface area (Å²) in [5, 5.41) is 0. The van der Waals surface area contributed by atoms with Crippen molar-refractivity contribution < 1.29 is 9.53 Å². The standard InChI is InChI=1S/C9H8BrNO2/c10-9-6(5-12)3-8(4-11-9)13-7-1-2-7/h3-5,7H,1-2H2. The molecule has 1 aliphatic rings. The van der Waals surface area contributed by atoms with Gasteiger partial charge < -0.3 is 4.74 Å². The van der Waals surface area contributed by atoms with Crippen molar-refractivity contribution in [2.75, 3.05) is 0 Å². The van der Waals surface area contributed by atoms with Crippen LogP contribution in [0.1, 0.15) is 23.2 Å². The van der Waals surface area contributed by atoms with E-state index in [0.29, 0.717) is 22.0 Å². The Labute approximate surface area is 84.2 Å². The molecule has 0 atom stereocenters. The van der Waals surface area contributed by atoms with Gasteiger partial charge >= 0.3 is 0 Å². The van der Waals surface area contributed by atoms with Gasteiger partial charge in [-0.25, -0.2) is 4.98 Å². The summed E-state index contributed by atoms with van der Waals surface area (Å²) in [7, 11) is 0. The predicted octanol–water partition coefficient (Wildman–Crippen LogP) is 2.20. The molecule has 4 heteroatoms. The highest BCUT2D eigenvalue weighted by Crippen LogP contribution is 2.27. The lowest BCUT2D eigenvalue weighted by atomic mass is 10.3. The highest BCUT2D eigenvalue weighted by molar-refractivity contribution is 9.10. The Hall–Kier alpha value is -0.900. The van der Waals surface area contributed by atoms with Gasteiger partial charge in [0.25, 0.3) is 0 Å². The van der Waals surface area contributed by atoms with Crippen LogP contribution in [0.3, 0.4) is 0 Å². The third kappa shape index (κ3) is 2.06. The number of carbonyl (C=O) groups is 1. The van der Waals surface area contributed by atoms with Crippen LogP contribution in [0.2, 0.25) is 0 Å². The molecule has 0 saturated heterocycles. The normalized spacial score (nSPS) is 15.5. The van der Waals surface area contributed by atoms with E-state index >= 15 is 0 Å². The SMILES string of the molecule is O=Cc1cc(OC2CC2)cnc1Br. The molecule has 0 radical (unpaired) electrons. The third-order valence-electron chi connectivity index (χ3n) is 1.80. The number of ether oxygens (including phenoxy) is 1. The molecular weight excluding hydrogens is 234 g/mol. The maximum Gasteiger partial charge on any atom is 0.152 e. The average molecular weight is 242 g/mol. The summed E-state index contributed by atoms with van der Waals surface area (Å²) in [6.45, 7) is 0. The van der Waals surface area contributed by atoms with Gasteiger partial charge in [-0.1, -0.05) is 0 Å². The van der Waals surface area contributed by atoms with Crippen LogP contribution in [0.5, 0.6) is 5.75 Å². The van der Waals surface area contributed by atoms with E-state index in [1.807, 2.05) is 0 Å². The molecule has 0 spiro atoms. The van der Waals surface area contributed by atoms with E-state index in [-0.39, 0.29) is 0 Å². The third-order valence-corrected chi connectivity index (χ3v) is 2.46. The second kappa shape index (κ2) is 3.46. The Kier molecular flexibility index (Phi) is 2.31. The fraction of sp³-hybridized carbons (Fsp3) is 0.333. The Morgan fingerprint density at radius 1 is 1.62 bits per heavy atom. The van der Waals surface area contributed by atoms with Crippen molar-refractivity contribution in [3.63, 3.8) is 0 Å². The summed E-state index contributed by atoms with van der Waals surface area (Å²) in [6.07, 6.45) is 4.92. The van der Waals surface area contributed by atoms with Crippen LogP contribution in [0, 0.1) is 0 Å². The summed E-state index contributed by atoms with van der Waals surface area (Å²) in [5.41, 5.74) is 0.526. The smallest absolute Gasteiger partial charge is 0.152 e. The van der Waals surface area contributed by atoms with Crippen LogP contribution in [-0.4, -0.2) is 17.4 Å². The lowest BCUT2D eigenvalue weighted by Gasteiger charge is -2.04. The zero-order chi connectivity index (χ0) is 9.26. The molecule has 3 nitrogen and oxygen atoms in total. The fourth-order valence-corrected chi connectivity index (χ4v) is 1.28. The molecule has 1 aliphatic carbocycles. The Morgan fingerprint density at radius 3 is 3.00 bits per heavy atom. The van der Waals surface area contributed by atoms with Crippen LogP contribution in [0.25, 0.3) is 0 Å². The van der Waals surface area contributed by atoms with E-state index in [1.165, 1.54) is 0 Å². The maximum absolute atomic E-state index is 10.6. The molecule has 0 N–H and O–H groups in total. The number of nitrogens with zero attached hydrogens (tertiary/aromatic N) is 1. The molecule has 0 aromatic carbocycles. The summed E-state index contributed by atoms with van der Waals surface area (Å²) in [5.74, 6) is 0.674. The molecule has 0 aliphatic heterocycles. The summed E-state index contributed by atoms with van der Waals surface area (Å²) < 4.78 is 6.04. The first-order valence-corrected chi connectivity index (χ1v) is 4.86. The summed E-state index contributed by atoms with van der Waals surface area (Å²) in [6, 6.07) is 1.70. The first-order valence-electron chi connectivity index (χ1n) is 4.07. The minimum atomic E-state index is 0.336. The van der Waals surface area contributed by atoms with E-state index in [9.17, 15) is 4.79 Å². The molecule has 2 rings (SSSR count). The number of rotatable bonds is 3. The van der Waals surface area contributed by atoms with Gasteiger partial charge in [-0.3, -0.25) is 4.79 Å². The number of halogens is 1. The van der Waals surface area contributed by atoms with Crippen molar-refractivity contribution in [1.29, 1.82) is 0 Å². The number of carbonyl (C=O) groups excluding carboxylic acids is 1.